The maximum absolute atomic E-state index is 11.7. The quantitative estimate of drug-likeness (QED) is 0.765. The second-order valence-corrected chi connectivity index (χ2v) is 4.98. The van der Waals surface area contributed by atoms with Gasteiger partial charge in [-0.3, -0.25) is 14.7 Å². The zero-order valence-electron chi connectivity index (χ0n) is 11.3. The molecule has 1 saturated carbocycles. The molecule has 21 heavy (non-hydrogen) atoms. The molecule has 0 radical (unpaired) electrons. The second kappa shape index (κ2) is 5.74. The zero-order valence-corrected chi connectivity index (χ0v) is 11.3. The number of hydrogen-bond donors (Lipinski definition) is 3. The number of rotatable bonds is 5. The molecular formula is C14H15N5O2. The van der Waals surface area contributed by atoms with Crippen LogP contribution >= 0.6 is 0 Å². The van der Waals surface area contributed by atoms with E-state index in [1.54, 1.807) is 0 Å². The highest BCUT2D eigenvalue weighted by Gasteiger charge is 2.29. The van der Waals surface area contributed by atoms with E-state index in [1.165, 1.54) is 6.33 Å². The molecule has 0 aliphatic heterocycles. The minimum Gasteiger partial charge on any atom is -0.345 e. The van der Waals surface area contributed by atoms with Crippen LogP contribution in [0.25, 0.3) is 0 Å². The molecule has 1 aromatic carbocycles. The van der Waals surface area contributed by atoms with E-state index in [0.29, 0.717) is 6.54 Å². The first-order valence-electron chi connectivity index (χ1n) is 6.76. The maximum atomic E-state index is 11.7. The van der Waals surface area contributed by atoms with Gasteiger partial charge in [-0.2, -0.15) is 5.10 Å². The first-order valence-corrected chi connectivity index (χ1v) is 6.76. The van der Waals surface area contributed by atoms with Crippen molar-refractivity contribution in [2.24, 2.45) is 5.92 Å². The molecule has 7 heteroatoms. The Labute approximate surface area is 121 Å². The van der Waals surface area contributed by atoms with Crippen LogP contribution in [0.5, 0.6) is 0 Å². The summed E-state index contributed by atoms with van der Waals surface area (Å²) in [6, 6.07) is 7.39. The van der Waals surface area contributed by atoms with Crippen LogP contribution in [0.1, 0.15) is 29.0 Å². The summed E-state index contributed by atoms with van der Waals surface area (Å²) in [6.45, 7) is 0.385. The Morgan fingerprint density at radius 2 is 2.00 bits per heavy atom. The van der Waals surface area contributed by atoms with Gasteiger partial charge < -0.3 is 10.6 Å². The number of benzene rings is 1. The number of hydrogen-bond acceptors (Lipinski definition) is 4. The summed E-state index contributed by atoms with van der Waals surface area (Å²) in [5, 5.41) is 11.7. The van der Waals surface area contributed by atoms with Crippen molar-refractivity contribution >= 4 is 17.5 Å². The predicted molar refractivity (Wildman–Crippen MR) is 75.3 cm³/mol. The Morgan fingerprint density at radius 1 is 1.24 bits per heavy atom. The van der Waals surface area contributed by atoms with Gasteiger partial charge in [0.05, 0.1) is 0 Å². The fourth-order valence-electron chi connectivity index (χ4n) is 1.88. The first-order chi connectivity index (χ1) is 10.2. The third-order valence-corrected chi connectivity index (χ3v) is 3.25. The van der Waals surface area contributed by atoms with Crippen LogP contribution in [-0.4, -0.2) is 27.0 Å². The average Bonchev–Trinajstić information content (AvgIpc) is 3.21. The minimum atomic E-state index is -0.307. The number of nitrogens with one attached hydrogen (secondary N) is 3. The molecule has 1 fully saturated rings. The van der Waals surface area contributed by atoms with E-state index in [4.69, 9.17) is 0 Å². The molecular weight excluding hydrogens is 270 g/mol. The zero-order chi connectivity index (χ0) is 14.7. The smallest absolute Gasteiger partial charge is 0.288 e. The van der Waals surface area contributed by atoms with Gasteiger partial charge in [0.2, 0.25) is 11.7 Å². The van der Waals surface area contributed by atoms with Gasteiger partial charge in [0.15, 0.2) is 0 Å². The number of H-pyrrole nitrogens is 1. The predicted octanol–water partition coefficient (Wildman–Crippen LogP) is 1.08. The largest absolute Gasteiger partial charge is 0.345 e. The minimum absolute atomic E-state index is 0.0846. The average molecular weight is 285 g/mol. The van der Waals surface area contributed by atoms with Gasteiger partial charge in [0, 0.05) is 18.2 Å². The van der Waals surface area contributed by atoms with Gasteiger partial charge in [-0.15, -0.1) is 0 Å². The van der Waals surface area contributed by atoms with Gasteiger partial charge in [0.25, 0.3) is 5.91 Å². The topological polar surface area (TPSA) is 99.8 Å². The second-order valence-electron chi connectivity index (χ2n) is 4.98. The summed E-state index contributed by atoms with van der Waals surface area (Å²) in [7, 11) is 0. The van der Waals surface area contributed by atoms with Crippen LogP contribution < -0.4 is 10.6 Å². The van der Waals surface area contributed by atoms with Crippen molar-refractivity contribution in [3.8, 4) is 0 Å². The number of carbonyl (C=O) groups is 2. The molecule has 108 valence electrons. The highest BCUT2D eigenvalue weighted by molar-refractivity contribution is 5.94. The third-order valence-electron chi connectivity index (χ3n) is 3.25. The lowest BCUT2D eigenvalue weighted by molar-refractivity contribution is -0.117. The van der Waals surface area contributed by atoms with Crippen LogP contribution in [0.15, 0.2) is 30.6 Å². The molecule has 3 N–H and O–H groups in total. The SMILES string of the molecule is O=C(NCc1ccc(NC(=O)C2CC2)cc1)c1ncn[nH]1. The molecule has 3 rings (SSSR count). The van der Waals surface area contributed by atoms with Crippen molar-refractivity contribution < 1.29 is 9.59 Å². The van der Waals surface area contributed by atoms with Crippen molar-refractivity contribution in [3.05, 3.63) is 42.0 Å². The number of anilines is 1. The van der Waals surface area contributed by atoms with Gasteiger partial charge in [0.1, 0.15) is 6.33 Å². The molecule has 2 amide bonds. The van der Waals surface area contributed by atoms with Crippen molar-refractivity contribution in [2.75, 3.05) is 5.32 Å². The number of aromatic amines is 1. The van der Waals surface area contributed by atoms with Gasteiger partial charge in [-0.1, -0.05) is 12.1 Å². The van der Waals surface area contributed by atoms with Crippen LogP contribution in [0, 0.1) is 5.92 Å². The Hall–Kier alpha value is -2.70. The Kier molecular flexibility index (Phi) is 3.63. The maximum Gasteiger partial charge on any atom is 0.288 e. The van der Waals surface area contributed by atoms with E-state index >= 15 is 0 Å². The van der Waals surface area contributed by atoms with Crippen molar-refractivity contribution in [2.45, 2.75) is 19.4 Å². The van der Waals surface area contributed by atoms with E-state index < -0.39 is 0 Å². The van der Waals surface area contributed by atoms with E-state index in [9.17, 15) is 9.59 Å². The lowest BCUT2D eigenvalue weighted by atomic mass is 10.2. The van der Waals surface area contributed by atoms with Gasteiger partial charge >= 0.3 is 0 Å². The molecule has 1 heterocycles. The van der Waals surface area contributed by atoms with E-state index in [1.807, 2.05) is 24.3 Å². The van der Waals surface area contributed by atoms with E-state index in [2.05, 4.69) is 25.8 Å². The summed E-state index contributed by atoms with van der Waals surface area (Å²) in [5.41, 5.74) is 1.71. The summed E-state index contributed by atoms with van der Waals surface area (Å²) >= 11 is 0. The standard InChI is InChI=1S/C14H15N5O2/c20-13(10-3-4-10)18-11-5-1-9(2-6-11)7-15-14(21)12-16-8-17-19-12/h1-2,5-6,8,10H,3-4,7H2,(H,15,21)(H,18,20)(H,16,17,19). The summed E-state index contributed by atoms with van der Waals surface area (Å²) in [5.74, 6) is 0.147. The fourth-order valence-corrected chi connectivity index (χ4v) is 1.88. The lowest BCUT2D eigenvalue weighted by Crippen LogP contribution is -2.24. The van der Waals surface area contributed by atoms with E-state index in [-0.39, 0.29) is 23.6 Å². The van der Waals surface area contributed by atoms with Gasteiger partial charge in [-0.05, 0) is 30.5 Å². The molecule has 1 aliphatic rings. The number of nitrogens with zero attached hydrogens (tertiary/aromatic N) is 2. The highest BCUT2D eigenvalue weighted by atomic mass is 16.2. The third kappa shape index (κ3) is 3.44. The normalized spacial score (nSPS) is 13.7. The molecule has 1 aromatic heterocycles. The van der Waals surface area contributed by atoms with Crippen molar-refractivity contribution in [1.29, 1.82) is 0 Å². The molecule has 0 spiro atoms. The Morgan fingerprint density at radius 3 is 2.62 bits per heavy atom. The Bertz CT molecular complexity index is 632. The number of amides is 2. The van der Waals surface area contributed by atoms with Crippen molar-refractivity contribution in [3.63, 3.8) is 0 Å². The van der Waals surface area contributed by atoms with Crippen molar-refractivity contribution in [1.82, 2.24) is 20.5 Å². The van der Waals surface area contributed by atoms with Crippen LogP contribution in [0.3, 0.4) is 0 Å². The molecule has 0 bridgehead atoms. The summed E-state index contributed by atoms with van der Waals surface area (Å²) in [4.78, 5) is 27.1. The monoisotopic (exact) mass is 285 g/mol. The van der Waals surface area contributed by atoms with Crippen LogP contribution in [0.2, 0.25) is 0 Å². The highest BCUT2D eigenvalue weighted by Crippen LogP contribution is 2.30. The van der Waals surface area contributed by atoms with E-state index in [0.717, 1.165) is 24.1 Å². The van der Waals surface area contributed by atoms with Crippen LogP contribution in [-0.2, 0) is 11.3 Å². The molecule has 7 nitrogen and oxygen atoms in total. The first kappa shape index (κ1) is 13.3. The van der Waals surface area contributed by atoms with Gasteiger partial charge in [-0.25, -0.2) is 4.98 Å². The lowest BCUT2D eigenvalue weighted by Gasteiger charge is -2.06. The molecule has 0 atom stereocenters. The number of aromatic nitrogens is 3. The Balaban J connectivity index is 1.52. The van der Waals surface area contributed by atoms with Crippen LogP contribution in [0.4, 0.5) is 5.69 Å². The number of carbonyl (C=O) groups excluding carboxylic acids is 2. The fraction of sp³-hybridized carbons (Fsp3) is 0.286. The molecule has 1 aliphatic carbocycles. The summed E-state index contributed by atoms with van der Waals surface area (Å²) < 4.78 is 0. The molecule has 0 saturated heterocycles. The summed E-state index contributed by atoms with van der Waals surface area (Å²) in [6.07, 6.45) is 3.25. The molecule has 0 unspecified atom stereocenters. The molecule has 2 aromatic rings.